The fourth-order valence-electron chi connectivity index (χ4n) is 2.88. The molecule has 0 aliphatic rings. The van der Waals surface area contributed by atoms with Crippen molar-refractivity contribution in [3.8, 4) is 0 Å². The first kappa shape index (κ1) is 17.7. The van der Waals surface area contributed by atoms with Crippen LogP contribution in [-0.4, -0.2) is 13.0 Å². The van der Waals surface area contributed by atoms with Gasteiger partial charge in [-0.3, -0.25) is 14.1 Å². The molecule has 5 nitrogen and oxygen atoms in total. The Balaban J connectivity index is 1.98. The molecule has 0 aliphatic carbocycles. The smallest absolute Gasteiger partial charge is 0.299 e. The first-order valence-corrected chi connectivity index (χ1v) is 10.4. The summed E-state index contributed by atoms with van der Waals surface area (Å²) in [6.07, 6.45) is 0.868. The summed E-state index contributed by atoms with van der Waals surface area (Å²) in [4.78, 5) is 12.3. The van der Waals surface area contributed by atoms with Gasteiger partial charge in [-0.1, -0.05) is 36.0 Å². The van der Waals surface area contributed by atoms with Gasteiger partial charge in [0.2, 0.25) is 0 Å². The average molecular weight is 377 g/mol. The van der Waals surface area contributed by atoms with Crippen LogP contribution in [-0.2, 0) is 16.6 Å². The molecule has 25 heavy (non-hydrogen) atoms. The summed E-state index contributed by atoms with van der Waals surface area (Å²) < 4.78 is 30.5. The lowest BCUT2D eigenvalue weighted by Gasteiger charge is -2.11. The number of benzene rings is 2. The molecule has 7 heteroatoms. The number of nitrogens with zero attached hydrogens (tertiary/aromatic N) is 1. The van der Waals surface area contributed by atoms with Gasteiger partial charge in [0.1, 0.15) is 0 Å². The minimum Gasteiger partial charge on any atom is -0.299 e. The van der Waals surface area contributed by atoms with E-state index in [1.807, 2.05) is 19.9 Å². The molecule has 1 N–H and O–H groups in total. The molecule has 0 amide bonds. The first-order chi connectivity index (χ1) is 11.8. The summed E-state index contributed by atoms with van der Waals surface area (Å²) >= 11 is 1.13. The standard InChI is InChI=1S/C18H20N2O3S2/c1-4-9-20-15-7-6-14(11-16(15)24-18(20)21)19-25(22,23)17-8-5-12(2)10-13(17)3/h5-8,10-11,19H,4,9H2,1-3H3. The number of hydrogen-bond donors (Lipinski definition) is 1. The van der Waals surface area contributed by atoms with E-state index in [1.54, 1.807) is 41.8 Å². The SMILES string of the molecule is CCCn1c(=O)sc2cc(NS(=O)(=O)c3ccc(C)cc3C)ccc21. The quantitative estimate of drug-likeness (QED) is 0.734. The van der Waals surface area contributed by atoms with Crippen molar-refractivity contribution in [1.29, 1.82) is 0 Å². The van der Waals surface area contributed by atoms with Crippen molar-refractivity contribution < 1.29 is 8.42 Å². The van der Waals surface area contributed by atoms with Crippen LogP contribution in [0.3, 0.4) is 0 Å². The highest BCUT2D eigenvalue weighted by Crippen LogP contribution is 2.25. The van der Waals surface area contributed by atoms with Gasteiger partial charge in [-0.2, -0.15) is 0 Å². The van der Waals surface area contributed by atoms with E-state index in [2.05, 4.69) is 4.72 Å². The summed E-state index contributed by atoms with van der Waals surface area (Å²) in [5.74, 6) is 0. The molecular formula is C18H20N2O3S2. The van der Waals surface area contributed by atoms with E-state index in [1.165, 1.54) is 0 Å². The molecule has 0 saturated carbocycles. The third kappa shape index (κ3) is 3.48. The predicted molar refractivity (Wildman–Crippen MR) is 103 cm³/mol. The molecule has 1 heterocycles. The van der Waals surface area contributed by atoms with Gasteiger partial charge < -0.3 is 0 Å². The van der Waals surface area contributed by atoms with Crippen LogP contribution >= 0.6 is 11.3 Å². The molecule has 3 aromatic rings. The number of nitrogens with one attached hydrogen (secondary N) is 1. The van der Waals surface area contributed by atoms with E-state index in [9.17, 15) is 13.2 Å². The monoisotopic (exact) mass is 376 g/mol. The van der Waals surface area contributed by atoms with Gasteiger partial charge in [-0.25, -0.2) is 8.42 Å². The summed E-state index contributed by atoms with van der Waals surface area (Å²) in [7, 11) is -3.67. The first-order valence-electron chi connectivity index (χ1n) is 8.05. The number of hydrogen-bond acceptors (Lipinski definition) is 4. The largest absolute Gasteiger partial charge is 0.308 e. The molecule has 0 atom stereocenters. The molecule has 0 radical (unpaired) electrons. The Hall–Kier alpha value is -2.12. The van der Waals surface area contributed by atoms with Crippen LogP contribution in [0.5, 0.6) is 0 Å². The lowest BCUT2D eigenvalue weighted by atomic mass is 10.2. The zero-order chi connectivity index (χ0) is 18.2. The van der Waals surface area contributed by atoms with E-state index >= 15 is 0 Å². The Morgan fingerprint density at radius 1 is 1.12 bits per heavy atom. The van der Waals surface area contributed by atoms with Gasteiger partial charge in [0, 0.05) is 6.54 Å². The second-order valence-electron chi connectivity index (χ2n) is 6.08. The molecule has 0 fully saturated rings. The third-order valence-corrected chi connectivity index (χ3v) is 6.47. The van der Waals surface area contributed by atoms with Gasteiger partial charge in [0.15, 0.2) is 0 Å². The van der Waals surface area contributed by atoms with Crippen LogP contribution < -0.4 is 9.60 Å². The highest BCUT2D eigenvalue weighted by Gasteiger charge is 2.17. The molecule has 1 aromatic heterocycles. The van der Waals surface area contributed by atoms with Crippen LogP contribution in [0.4, 0.5) is 5.69 Å². The third-order valence-electron chi connectivity index (χ3n) is 3.99. The van der Waals surface area contributed by atoms with Crippen molar-refractivity contribution >= 4 is 37.3 Å². The maximum atomic E-state index is 12.7. The highest BCUT2D eigenvalue weighted by molar-refractivity contribution is 7.92. The van der Waals surface area contributed by atoms with Crippen molar-refractivity contribution in [2.24, 2.45) is 0 Å². The minimum absolute atomic E-state index is 0.0220. The average Bonchev–Trinajstić information content (AvgIpc) is 2.82. The Kier molecular flexibility index (Phi) is 4.71. The molecular weight excluding hydrogens is 356 g/mol. The van der Waals surface area contributed by atoms with E-state index < -0.39 is 10.0 Å². The molecule has 0 unspecified atom stereocenters. The molecule has 2 aromatic carbocycles. The highest BCUT2D eigenvalue weighted by atomic mass is 32.2. The number of thiazole rings is 1. The zero-order valence-electron chi connectivity index (χ0n) is 14.4. The Morgan fingerprint density at radius 2 is 1.88 bits per heavy atom. The molecule has 0 spiro atoms. The second-order valence-corrected chi connectivity index (χ2v) is 8.72. The fraction of sp³-hybridized carbons (Fsp3) is 0.278. The van der Waals surface area contributed by atoms with Gasteiger partial charge in [0.05, 0.1) is 20.8 Å². The number of anilines is 1. The van der Waals surface area contributed by atoms with Crippen molar-refractivity contribution in [2.45, 2.75) is 38.6 Å². The van der Waals surface area contributed by atoms with Crippen LogP contribution in [0.15, 0.2) is 46.1 Å². The maximum absolute atomic E-state index is 12.7. The van der Waals surface area contributed by atoms with Crippen LogP contribution in [0, 0.1) is 13.8 Å². The van der Waals surface area contributed by atoms with E-state index in [0.29, 0.717) is 17.8 Å². The maximum Gasteiger partial charge on any atom is 0.308 e. The molecule has 0 bridgehead atoms. The number of sulfonamides is 1. The minimum atomic E-state index is -3.67. The summed E-state index contributed by atoms with van der Waals surface area (Å²) in [5, 5.41) is 0. The molecule has 132 valence electrons. The normalized spacial score (nSPS) is 11.8. The van der Waals surface area contributed by atoms with Crippen molar-refractivity contribution in [2.75, 3.05) is 4.72 Å². The van der Waals surface area contributed by atoms with Crippen molar-refractivity contribution in [3.05, 3.63) is 57.2 Å². The number of aryl methyl sites for hydroxylation is 3. The van der Waals surface area contributed by atoms with Gasteiger partial charge >= 0.3 is 4.87 Å². The number of fused-ring (bicyclic) bond motifs is 1. The van der Waals surface area contributed by atoms with E-state index in [0.717, 1.165) is 33.5 Å². The summed E-state index contributed by atoms with van der Waals surface area (Å²) in [6, 6.07) is 10.4. The van der Waals surface area contributed by atoms with E-state index in [-0.39, 0.29) is 9.77 Å². The summed E-state index contributed by atoms with van der Waals surface area (Å²) in [6.45, 7) is 6.38. The van der Waals surface area contributed by atoms with Gasteiger partial charge in [-0.05, 0) is 50.1 Å². The predicted octanol–water partition coefficient (Wildman–Crippen LogP) is 3.89. The van der Waals surface area contributed by atoms with Crippen LogP contribution in [0.1, 0.15) is 24.5 Å². The Labute approximate surface area is 151 Å². The Bertz CT molecular complexity index is 1100. The topological polar surface area (TPSA) is 68.2 Å². The van der Waals surface area contributed by atoms with Crippen LogP contribution in [0.25, 0.3) is 10.2 Å². The summed E-state index contributed by atoms with van der Waals surface area (Å²) in [5.41, 5.74) is 3.01. The number of rotatable bonds is 5. The molecule has 0 saturated heterocycles. The zero-order valence-corrected chi connectivity index (χ0v) is 16.0. The lowest BCUT2D eigenvalue weighted by molar-refractivity contribution is 0.600. The second kappa shape index (κ2) is 6.65. The number of aromatic nitrogens is 1. The Morgan fingerprint density at radius 3 is 2.56 bits per heavy atom. The fourth-order valence-corrected chi connectivity index (χ4v) is 5.11. The lowest BCUT2D eigenvalue weighted by Crippen LogP contribution is -2.14. The molecule has 0 aliphatic heterocycles. The molecule has 3 rings (SSSR count). The van der Waals surface area contributed by atoms with E-state index in [4.69, 9.17) is 0 Å². The van der Waals surface area contributed by atoms with Crippen LogP contribution in [0.2, 0.25) is 0 Å². The van der Waals surface area contributed by atoms with Gasteiger partial charge in [-0.15, -0.1) is 0 Å². The van der Waals surface area contributed by atoms with Gasteiger partial charge in [0.25, 0.3) is 10.0 Å². The van der Waals surface area contributed by atoms with Crippen molar-refractivity contribution in [3.63, 3.8) is 0 Å². The van der Waals surface area contributed by atoms with Crippen molar-refractivity contribution in [1.82, 2.24) is 4.57 Å².